The molecule has 150 valence electrons. The first-order valence-electron chi connectivity index (χ1n) is 9.49. The molecule has 4 rings (SSSR count). The summed E-state index contributed by atoms with van der Waals surface area (Å²) < 4.78 is 5.25. The van der Waals surface area contributed by atoms with Crippen LogP contribution < -0.4 is 15.4 Å². The van der Waals surface area contributed by atoms with Crippen LogP contribution in [0.15, 0.2) is 78.9 Å². The Labute approximate surface area is 177 Å². The molecule has 5 heteroatoms. The molecule has 0 saturated carbocycles. The molecule has 2 unspecified atom stereocenters. The Balaban J connectivity index is 0.00000240. The Hall–Kier alpha value is -2.98. The van der Waals surface area contributed by atoms with Gasteiger partial charge in [0, 0.05) is 24.7 Å². The highest BCUT2D eigenvalue weighted by Crippen LogP contribution is 2.37. The van der Waals surface area contributed by atoms with Gasteiger partial charge in [-0.1, -0.05) is 54.6 Å². The average molecular weight is 409 g/mol. The minimum absolute atomic E-state index is 0. The molecule has 2 N–H and O–H groups in total. The maximum atomic E-state index is 12.1. The molecule has 29 heavy (non-hydrogen) atoms. The van der Waals surface area contributed by atoms with Gasteiger partial charge in [-0.15, -0.1) is 12.4 Å². The zero-order valence-corrected chi connectivity index (χ0v) is 17.1. The summed E-state index contributed by atoms with van der Waals surface area (Å²) in [4.78, 5) is 14.4. The topological polar surface area (TPSA) is 55.6 Å². The van der Waals surface area contributed by atoms with Crippen molar-refractivity contribution in [1.29, 1.82) is 0 Å². The first kappa shape index (κ1) is 20.7. The van der Waals surface area contributed by atoms with Gasteiger partial charge in [0.25, 0.3) is 0 Å². The number of carbonyl (C=O) groups excluding carboxylic acids is 1. The van der Waals surface area contributed by atoms with E-state index in [0.717, 1.165) is 23.5 Å². The van der Waals surface area contributed by atoms with Gasteiger partial charge in [-0.3, -0.25) is 4.79 Å². The number of anilines is 1. The van der Waals surface area contributed by atoms with Crippen LogP contribution in [0.2, 0.25) is 0 Å². The summed E-state index contributed by atoms with van der Waals surface area (Å²) in [6.45, 7) is 1.39. The van der Waals surface area contributed by atoms with Crippen LogP contribution in [-0.2, 0) is 4.79 Å². The lowest BCUT2D eigenvalue weighted by molar-refractivity contribution is -0.121. The quantitative estimate of drug-likeness (QED) is 0.676. The summed E-state index contributed by atoms with van der Waals surface area (Å²) in [5.74, 6) is 0.421. The van der Waals surface area contributed by atoms with E-state index in [4.69, 9.17) is 10.5 Å². The molecule has 1 saturated heterocycles. The molecule has 3 aromatic carbocycles. The molecule has 3 aromatic rings. The largest absolute Gasteiger partial charge is 0.497 e. The SMILES string of the molecule is COc1ccc(C2CN(c3cccc(-c4ccccc4)c3)CC2C(N)=O)cc1.Cl. The fourth-order valence-electron chi connectivity index (χ4n) is 4.00. The minimum atomic E-state index is -0.248. The molecule has 1 amide bonds. The number of ether oxygens (including phenoxy) is 1. The van der Waals surface area contributed by atoms with Crippen molar-refractivity contribution in [2.75, 3.05) is 25.1 Å². The summed E-state index contributed by atoms with van der Waals surface area (Å²) in [7, 11) is 1.65. The number of benzene rings is 3. The third-order valence-electron chi connectivity index (χ3n) is 5.55. The van der Waals surface area contributed by atoms with E-state index in [1.165, 1.54) is 11.1 Å². The third-order valence-corrected chi connectivity index (χ3v) is 5.55. The second-order valence-electron chi connectivity index (χ2n) is 7.21. The smallest absolute Gasteiger partial charge is 0.223 e. The highest BCUT2D eigenvalue weighted by atomic mass is 35.5. The Morgan fingerprint density at radius 1 is 0.931 bits per heavy atom. The predicted molar refractivity (Wildman–Crippen MR) is 120 cm³/mol. The van der Waals surface area contributed by atoms with Gasteiger partial charge < -0.3 is 15.4 Å². The van der Waals surface area contributed by atoms with Crippen molar-refractivity contribution in [2.24, 2.45) is 11.7 Å². The van der Waals surface area contributed by atoms with E-state index in [1.54, 1.807) is 7.11 Å². The van der Waals surface area contributed by atoms with Crippen LogP contribution in [-0.4, -0.2) is 26.1 Å². The fourth-order valence-corrected chi connectivity index (χ4v) is 4.00. The molecule has 1 heterocycles. The van der Waals surface area contributed by atoms with Gasteiger partial charge in [-0.25, -0.2) is 0 Å². The van der Waals surface area contributed by atoms with E-state index in [9.17, 15) is 4.79 Å². The number of carbonyl (C=O) groups is 1. The Bertz CT molecular complexity index is 960. The Morgan fingerprint density at radius 2 is 1.62 bits per heavy atom. The second-order valence-corrected chi connectivity index (χ2v) is 7.21. The maximum Gasteiger partial charge on any atom is 0.223 e. The van der Waals surface area contributed by atoms with Gasteiger partial charge in [0.05, 0.1) is 13.0 Å². The molecule has 0 radical (unpaired) electrons. The number of amides is 1. The van der Waals surface area contributed by atoms with Crippen molar-refractivity contribution in [1.82, 2.24) is 0 Å². The molecule has 0 spiro atoms. The predicted octanol–water partition coefficient (Wildman–Crippen LogP) is 4.49. The number of nitrogens with zero attached hydrogens (tertiary/aromatic N) is 1. The molecule has 1 aliphatic heterocycles. The number of nitrogens with two attached hydrogens (primary N) is 1. The number of hydrogen-bond acceptors (Lipinski definition) is 3. The van der Waals surface area contributed by atoms with Gasteiger partial charge in [0.15, 0.2) is 0 Å². The van der Waals surface area contributed by atoms with Crippen LogP contribution >= 0.6 is 12.4 Å². The molecular weight excluding hydrogens is 384 g/mol. The zero-order chi connectivity index (χ0) is 19.5. The van der Waals surface area contributed by atoms with Crippen molar-refractivity contribution >= 4 is 24.0 Å². The van der Waals surface area contributed by atoms with E-state index in [2.05, 4.69) is 41.3 Å². The molecule has 0 bridgehead atoms. The van der Waals surface area contributed by atoms with E-state index in [-0.39, 0.29) is 30.2 Å². The monoisotopic (exact) mass is 408 g/mol. The van der Waals surface area contributed by atoms with Crippen LogP contribution in [0.5, 0.6) is 5.75 Å². The van der Waals surface area contributed by atoms with E-state index < -0.39 is 0 Å². The van der Waals surface area contributed by atoms with Crippen molar-refractivity contribution in [3.8, 4) is 16.9 Å². The molecule has 1 aliphatic rings. The van der Waals surface area contributed by atoms with Crippen LogP contribution in [0.1, 0.15) is 11.5 Å². The number of primary amides is 1. The summed E-state index contributed by atoms with van der Waals surface area (Å²) >= 11 is 0. The molecule has 0 aliphatic carbocycles. The lowest BCUT2D eigenvalue weighted by atomic mass is 9.88. The standard InChI is InChI=1S/C24H24N2O2.ClH/c1-28-21-12-10-18(11-13-21)22-15-26(16-23(22)24(25)27)20-9-5-8-19(14-20)17-6-3-2-4-7-17;/h2-14,22-23H,15-16H2,1H3,(H2,25,27);1H. The highest BCUT2D eigenvalue weighted by Gasteiger charge is 2.37. The van der Waals surface area contributed by atoms with E-state index >= 15 is 0 Å². The normalized spacial score (nSPS) is 18.2. The Morgan fingerprint density at radius 3 is 2.28 bits per heavy atom. The van der Waals surface area contributed by atoms with Crippen LogP contribution in [0.4, 0.5) is 5.69 Å². The zero-order valence-electron chi connectivity index (χ0n) is 16.3. The maximum absolute atomic E-state index is 12.1. The Kier molecular flexibility index (Phi) is 6.45. The molecule has 2 atom stereocenters. The summed E-state index contributed by atoms with van der Waals surface area (Å²) in [5, 5.41) is 0. The number of halogens is 1. The van der Waals surface area contributed by atoms with E-state index in [1.807, 2.05) is 42.5 Å². The van der Waals surface area contributed by atoms with Gasteiger partial charge in [0.2, 0.25) is 5.91 Å². The summed E-state index contributed by atoms with van der Waals surface area (Å²) in [6.07, 6.45) is 0. The van der Waals surface area contributed by atoms with Gasteiger partial charge in [-0.2, -0.15) is 0 Å². The third kappa shape index (κ3) is 4.38. The molecule has 0 aromatic heterocycles. The molecule has 1 fully saturated rings. The first-order valence-corrected chi connectivity index (χ1v) is 9.49. The number of rotatable bonds is 5. The minimum Gasteiger partial charge on any atom is -0.497 e. The van der Waals surface area contributed by atoms with Crippen molar-refractivity contribution in [3.63, 3.8) is 0 Å². The number of methoxy groups -OCH3 is 1. The summed E-state index contributed by atoms with van der Waals surface area (Å²) in [5.41, 5.74) is 10.3. The lowest BCUT2D eigenvalue weighted by Gasteiger charge is -2.19. The van der Waals surface area contributed by atoms with Crippen LogP contribution in [0, 0.1) is 5.92 Å². The molecular formula is C24H25ClN2O2. The summed E-state index contributed by atoms with van der Waals surface area (Å²) in [6, 6.07) is 26.7. The number of hydrogen-bond donors (Lipinski definition) is 1. The fraction of sp³-hybridized carbons (Fsp3) is 0.208. The lowest BCUT2D eigenvalue weighted by Crippen LogP contribution is -2.29. The first-order chi connectivity index (χ1) is 13.7. The average Bonchev–Trinajstić information content (AvgIpc) is 3.20. The van der Waals surface area contributed by atoms with Gasteiger partial charge >= 0.3 is 0 Å². The van der Waals surface area contributed by atoms with Gasteiger partial charge in [-0.05, 0) is 41.0 Å². The highest BCUT2D eigenvalue weighted by molar-refractivity contribution is 5.85. The van der Waals surface area contributed by atoms with Crippen molar-refractivity contribution in [3.05, 3.63) is 84.4 Å². The second kappa shape index (κ2) is 9.01. The van der Waals surface area contributed by atoms with Crippen molar-refractivity contribution < 1.29 is 9.53 Å². The van der Waals surface area contributed by atoms with E-state index in [0.29, 0.717) is 6.54 Å². The van der Waals surface area contributed by atoms with Gasteiger partial charge in [0.1, 0.15) is 5.75 Å². The molecule has 4 nitrogen and oxygen atoms in total. The van der Waals surface area contributed by atoms with Crippen LogP contribution in [0.25, 0.3) is 11.1 Å². The van der Waals surface area contributed by atoms with Crippen molar-refractivity contribution in [2.45, 2.75) is 5.92 Å². The van der Waals surface area contributed by atoms with Crippen LogP contribution in [0.3, 0.4) is 0 Å².